The van der Waals surface area contributed by atoms with E-state index < -0.39 is 180 Å². The van der Waals surface area contributed by atoms with Crippen LogP contribution in [0.4, 0.5) is 11.6 Å². The largest absolute Gasteiger partial charge is 0.481 e. The second-order valence-electron chi connectivity index (χ2n) is 31.0. The Balaban J connectivity index is 0.575. The van der Waals surface area contributed by atoms with E-state index in [-0.39, 0.29) is 97.4 Å². The highest BCUT2D eigenvalue weighted by Gasteiger charge is 2.54. The number of hydrogen-bond donors (Lipinski definition) is 18. The van der Waals surface area contributed by atoms with Crippen LogP contribution in [0, 0.1) is 21.7 Å². The van der Waals surface area contributed by atoms with Crippen LogP contribution < -0.4 is 32.7 Å². The van der Waals surface area contributed by atoms with Crippen LogP contribution in [-0.4, -0.2) is 235 Å². The van der Waals surface area contributed by atoms with Crippen molar-refractivity contribution in [3.8, 4) is 0 Å². The first-order valence-electron chi connectivity index (χ1n) is 38.0. The highest BCUT2D eigenvalue weighted by molar-refractivity contribution is 7.61. The van der Waals surface area contributed by atoms with Gasteiger partial charge >= 0.3 is 46.9 Å². The van der Waals surface area contributed by atoms with Crippen LogP contribution in [-0.2, 0) is 114 Å². The molecular formula is C66H102N14O34P6. The highest BCUT2D eigenvalue weighted by Crippen LogP contribution is 2.63. The highest BCUT2D eigenvalue weighted by atomic mass is 31.3. The first-order chi connectivity index (χ1) is 56.0. The summed E-state index contributed by atoms with van der Waals surface area (Å²) >= 11 is 0. The third kappa shape index (κ3) is 27.8. The number of phosphoric ester groups is 6. The maximum atomic E-state index is 13.3. The Morgan fingerprint density at radius 1 is 0.517 bits per heavy atom. The number of Topliss-reactive ketones (excluding diaryl/α,β-unsaturated/α-hetero) is 2. The Kier molecular flexibility index (Phi) is 33.1. The number of aromatic nitrogens is 8. The summed E-state index contributed by atoms with van der Waals surface area (Å²) in [6.07, 6.45) is -2.63. The number of benzene rings is 1. The third-order valence-electron chi connectivity index (χ3n) is 20.6. The van der Waals surface area contributed by atoms with Gasteiger partial charge in [0.15, 0.2) is 35.4 Å². The summed E-state index contributed by atoms with van der Waals surface area (Å²) in [5.41, 5.74) is 9.93. The molecule has 14 atom stereocenters. The molecule has 0 bridgehead atoms. The van der Waals surface area contributed by atoms with E-state index in [1.54, 1.807) is 0 Å². The van der Waals surface area contributed by atoms with E-state index in [2.05, 4.69) is 87.0 Å². The smallest absolute Gasteiger partial charge is 0.386 e. The number of nitrogens with zero attached hydrogens (tertiary/aromatic N) is 8. The van der Waals surface area contributed by atoms with Gasteiger partial charge in [-0.25, -0.2) is 57.3 Å². The normalized spacial score (nSPS) is 22.9. The minimum atomic E-state index is -5.64. The number of imidazole rings is 2. The number of fused-ring (bicyclic) bond motifs is 2. The fraction of sp³-hybridized carbons (Fsp3) is 0.667. The summed E-state index contributed by atoms with van der Waals surface area (Å²) in [6.45, 7) is 0.363. The van der Waals surface area contributed by atoms with Gasteiger partial charge in [0.05, 0.1) is 39.1 Å². The van der Waals surface area contributed by atoms with Gasteiger partial charge in [-0.05, 0) is 75.3 Å². The number of phosphoric acid groups is 6. The van der Waals surface area contributed by atoms with Crippen molar-refractivity contribution in [2.45, 2.75) is 205 Å². The number of hydrogen-bond acceptors (Lipinski definition) is 34. The Morgan fingerprint density at radius 3 is 1.26 bits per heavy atom. The second kappa shape index (κ2) is 40.7. The molecular weight excluding hydrogens is 1720 g/mol. The molecule has 6 heterocycles. The van der Waals surface area contributed by atoms with Gasteiger partial charge in [-0.1, -0.05) is 77.6 Å². The van der Waals surface area contributed by atoms with Crippen molar-refractivity contribution >= 4 is 116 Å². The number of carbonyl (C=O) groups excluding carboxylic acids is 6. The second-order valence-corrected chi connectivity index (χ2v) is 39.5. The number of nitrogens with one attached hydrogen (secondary N) is 4. The van der Waals surface area contributed by atoms with Gasteiger partial charge in [0, 0.05) is 73.5 Å². The fourth-order valence-corrected chi connectivity index (χ4v) is 19.2. The molecule has 0 radical (unpaired) electrons. The van der Waals surface area contributed by atoms with Crippen LogP contribution in [0.3, 0.4) is 0 Å². The summed E-state index contributed by atoms with van der Waals surface area (Å²) in [5, 5.41) is 53.7. The van der Waals surface area contributed by atoms with Gasteiger partial charge in [0.1, 0.15) is 84.1 Å². The molecule has 2 aliphatic carbocycles. The summed E-state index contributed by atoms with van der Waals surface area (Å²) in [5.74, 6) is -3.05. The van der Waals surface area contributed by atoms with Crippen LogP contribution in [0.2, 0.25) is 0 Å². The van der Waals surface area contributed by atoms with E-state index in [4.69, 9.17) is 39.0 Å². The lowest BCUT2D eigenvalue weighted by Gasteiger charge is -2.30. The van der Waals surface area contributed by atoms with Crippen LogP contribution in [0.1, 0.15) is 154 Å². The van der Waals surface area contributed by atoms with Crippen molar-refractivity contribution in [1.82, 2.24) is 60.3 Å². The first-order valence-corrected chi connectivity index (χ1v) is 47.0. The zero-order valence-corrected chi connectivity index (χ0v) is 70.9. The number of aryl methyl sites for hydroxylation is 2. The minimum Gasteiger partial charge on any atom is -0.386 e. The molecule has 4 amide bonds. The fourth-order valence-electron chi connectivity index (χ4n) is 13.6. The predicted molar refractivity (Wildman–Crippen MR) is 413 cm³/mol. The van der Waals surface area contributed by atoms with Gasteiger partial charge in [-0.15, -0.1) is 0 Å². The number of carbonyl (C=O) groups is 6. The summed E-state index contributed by atoms with van der Waals surface area (Å²) in [7, 11) is -33.2. The number of aliphatic hydroxyl groups excluding tert-OH is 4. The van der Waals surface area contributed by atoms with E-state index in [0.717, 1.165) is 118 Å². The number of nitrogen functional groups attached to an aromatic ring is 2. The number of unbranched alkanes of at least 4 members (excludes halogenated alkanes) is 4. The molecule has 2 aliphatic heterocycles. The van der Waals surface area contributed by atoms with Gasteiger partial charge in [0.25, 0.3) is 0 Å². The van der Waals surface area contributed by atoms with Crippen molar-refractivity contribution in [3.63, 3.8) is 0 Å². The average Bonchev–Trinajstić information content (AvgIpc) is 1.63. The van der Waals surface area contributed by atoms with Crippen LogP contribution in [0.25, 0.3) is 22.3 Å². The van der Waals surface area contributed by atoms with Crippen LogP contribution in [0.5, 0.6) is 0 Å². The molecule has 0 spiro atoms. The molecule has 670 valence electrons. The Labute approximate surface area is 685 Å². The molecule has 14 unspecified atom stereocenters. The van der Waals surface area contributed by atoms with Gasteiger partial charge < -0.3 is 102 Å². The lowest BCUT2D eigenvalue weighted by molar-refractivity contribution is -0.137. The number of amides is 4. The van der Waals surface area contributed by atoms with Crippen LogP contribution in [0.15, 0.2) is 49.6 Å². The number of aliphatic hydroxyl groups is 4. The van der Waals surface area contributed by atoms with E-state index in [1.165, 1.54) is 38.8 Å². The number of anilines is 2. The molecule has 120 heavy (non-hydrogen) atoms. The lowest BCUT2D eigenvalue weighted by atomic mass is 9.87. The summed E-state index contributed by atoms with van der Waals surface area (Å²) in [6, 6.07) is 8.41. The molecule has 1 aromatic carbocycles. The summed E-state index contributed by atoms with van der Waals surface area (Å²) in [4.78, 5) is 181. The third-order valence-corrected chi connectivity index (χ3v) is 26.8. The standard InChI is InChI=1S/C66H102N14O34P6/c1-63(2,33-107-119(101,102)113-117(97,98)105-31-41-51(111-115(91,92)93)49(85)61(109-41)79-37-77-47-55(67)73-35-75-57(47)79)53(87)59(89)71-28-18-45(83)69-26-16-43(81)65(22-23-65)20-9-6-5-7-12-39-14-11-15-40(30-39)13-8-10-21-66(24-25-66)44(82)17-27-70-46(84)19-29-72-60(90)54(88)64(3,4)34-108-120(103,104)114-118(99,100)106-32-42-52(112-116(94,95)96)50(86)62(110-42)80-38-78-48-56(68)74-36-76-58(48)80/h11,14-15,30,35-38,41-42,49-54,61-62,85-88H,5-10,12-13,16-29,31-34H2,1-4H3,(H,69,83)(H,70,84)(H,71,89)(H,72,90)(H,97,98)(H,99,100)(H,101,102)(H,103,104)(H2,67,73,75)(H2,68,74,76)(H2,91,92,93)(H2,94,95,96). The van der Waals surface area contributed by atoms with E-state index in [1.807, 2.05) is 6.07 Å². The number of ketones is 2. The van der Waals surface area contributed by atoms with E-state index in [9.17, 15) is 116 Å². The molecule has 2 saturated carbocycles. The quantitative estimate of drug-likeness (QED) is 0.0196. The Hall–Kier alpha value is -6.36. The molecule has 54 heteroatoms. The molecule has 5 aromatic rings. The Bertz CT molecular complexity index is 4750. The number of nitrogens with two attached hydrogens (primary N) is 2. The molecule has 9 rings (SSSR count). The molecule has 20 N–H and O–H groups in total. The Morgan fingerprint density at radius 2 is 0.875 bits per heavy atom. The van der Waals surface area contributed by atoms with Gasteiger partial charge in [-0.3, -0.25) is 65.0 Å². The molecule has 4 aromatic heterocycles. The van der Waals surface area contributed by atoms with E-state index in [0.29, 0.717) is 6.42 Å². The van der Waals surface area contributed by atoms with Crippen molar-refractivity contribution in [3.05, 3.63) is 60.7 Å². The van der Waals surface area contributed by atoms with Crippen molar-refractivity contribution < 1.29 is 161 Å². The van der Waals surface area contributed by atoms with Crippen molar-refractivity contribution in [2.75, 3.05) is 64.1 Å². The SMILES string of the molecule is CC(C)(COP(=O)(O)OP(=O)(O)OCC1OC(n2cnc3c(N)ncnc32)C(O)C1OP(=O)(O)O)C(O)C(=O)NCCC(=O)NCCC(=O)C1(CCCCCCc2cccc(CCCCC3(C(=O)CCNC(=O)CCNC(=O)C(O)C(C)(C)COP(=O)(O)OP(=O)(O)OCC4OC(n5cnc6c(N)ncnc65)C(O)C4OP(=O)(O)O)CC3)c2)CC1. The van der Waals surface area contributed by atoms with Gasteiger partial charge in [-0.2, -0.15) is 8.62 Å². The van der Waals surface area contributed by atoms with Crippen molar-refractivity contribution in [2.24, 2.45) is 21.7 Å². The molecule has 2 saturated heterocycles. The van der Waals surface area contributed by atoms with Gasteiger partial charge in [0.2, 0.25) is 23.6 Å². The maximum absolute atomic E-state index is 13.3. The number of ether oxygens (including phenoxy) is 2. The lowest BCUT2D eigenvalue weighted by Crippen LogP contribution is -2.46. The zero-order chi connectivity index (χ0) is 88.2. The van der Waals surface area contributed by atoms with Crippen molar-refractivity contribution in [1.29, 1.82) is 0 Å². The molecule has 4 aliphatic rings. The monoisotopic (exact) mass is 1820 g/mol. The topological polar surface area (TPSA) is 727 Å². The van der Waals surface area contributed by atoms with E-state index >= 15 is 0 Å². The minimum absolute atomic E-state index is 0.00748. The molecule has 48 nitrogen and oxygen atoms in total. The zero-order valence-electron chi connectivity index (χ0n) is 65.5. The first kappa shape index (κ1) is 97.4. The van der Waals surface area contributed by atoms with Crippen LogP contribution >= 0.6 is 46.9 Å². The summed E-state index contributed by atoms with van der Waals surface area (Å²) < 4.78 is 126. The molecule has 4 fully saturated rings. The number of rotatable bonds is 52. The maximum Gasteiger partial charge on any atom is 0.481 e. The predicted octanol–water partition coefficient (Wildman–Crippen LogP) is 2.21. The average molecular weight is 1820 g/mol.